The van der Waals surface area contributed by atoms with Crippen molar-refractivity contribution in [3.63, 3.8) is 0 Å². The second kappa shape index (κ2) is 26.9. The molecule has 0 fully saturated rings. The van der Waals surface area contributed by atoms with E-state index in [1.165, 1.54) is 23.1 Å². The third-order valence-corrected chi connectivity index (χ3v) is 3.67. The van der Waals surface area contributed by atoms with Gasteiger partial charge < -0.3 is 0 Å². The normalized spacial score (nSPS) is 13.1. The van der Waals surface area contributed by atoms with E-state index in [1.54, 1.807) is 6.08 Å². The maximum absolute atomic E-state index is 3.91. The number of rotatable bonds is 6. The molecule has 0 heteroatoms. The Balaban J connectivity index is -0.0000000877. The Labute approximate surface area is 193 Å². The summed E-state index contributed by atoms with van der Waals surface area (Å²) in [6.07, 6.45) is 18.1. The smallest absolute Gasteiger partial charge is 0.0158 e. The lowest BCUT2D eigenvalue weighted by Gasteiger charge is -2.23. The molecule has 0 atom stereocenters. The van der Waals surface area contributed by atoms with E-state index in [0.29, 0.717) is 0 Å². The SMILES string of the molecule is C.C.C.C=C/C=C\CC.C=CC1=C(C=C)C(C)(C)C(/C=C\C)=C1C=C.CC.CCC. The van der Waals surface area contributed by atoms with Gasteiger partial charge >= 0.3 is 0 Å². The average molecular weight is 417 g/mol. The van der Waals surface area contributed by atoms with Crippen LogP contribution in [0.4, 0.5) is 0 Å². The molecule has 0 radical (unpaired) electrons. The first kappa shape index (κ1) is 42.1. The third kappa shape index (κ3) is 14.0. The second-order valence-corrected chi connectivity index (χ2v) is 6.17. The fourth-order valence-electron chi connectivity index (χ4n) is 2.61. The van der Waals surface area contributed by atoms with Gasteiger partial charge in [0.05, 0.1) is 0 Å². The predicted molar refractivity (Wildman–Crippen MR) is 150 cm³/mol. The number of hydrogen-bond acceptors (Lipinski definition) is 0. The number of hydrogen-bond donors (Lipinski definition) is 0. The van der Waals surface area contributed by atoms with Crippen molar-refractivity contribution in [3.8, 4) is 0 Å². The van der Waals surface area contributed by atoms with Crippen LogP contribution in [0.3, 0.4) is 0 Å². The lowest BCUT2D eigenvalue weighted by atomic mass is 9.80. The van der Waals surface area contributed by atoms with Gasteiger partial charge in [0.2, 0.25) is 0 Å². The summed E-state index contributed by atoms with van der Waals surface area (Å²) in [7, 11) is 0. The summed E-state index contributed by atoms with van der Waals surface area (Å²) in [5.41, 5.74) is 4.83. The molecule has 176 valence electrons. The summed E-state index contributed by atoms with van der Waals surface area (Å²) in [6.45, 7) is 32.0. The maximum atomic E-state index is 3.91. The molecule has 0 bridgehead atoms. The molecule has 30 heavy (non-hydrogen) atoms. The van der Waals surface area contributed by atoms with Gasteiger partial charge in [-0.1, -0.05) is 152 Å². The lowest BCUT2D eigenvalue weighted by Crippen LogP contribution is -2.12. The minimum Gasteiger partial charge on any atom is -0.0991 e. The highest BCUT2D eigenvalue weighted by Gasteiger charge is 2.34. The molecule has 1 rings (SSSR count). The zero-order valence-electron chi connectivity index (χ0n) is 19.4. The highest BCUT2D eigenvalue weighted by molar-refractivity contribution is 5.65. The van der Waals surface area contributed by atoms with Crippen LogP contribution in [0.15, 0.2) is 97.2 Å². The van der Waals surface area contributed by atoms with E-state index < -0.39 is 0 Å². The minimum atomic E-state index is -0.0126. The highest BCUT2D eigenvalue weighted by Crippen LogP contribution is 2.48. The molecular formula is C30H56. The van der Waals surface area contributed by atoms with E-state index in [9.17, 15) is 0 Å². The van der Waals surface area contributed by atoms with Crippen LogP contribution in [0, 0.1) is 5.41 Å². The van der Waals surface area contributed by atoms with Crippen molar-refractivity contribution >= 4 is 0 Å². The Morgan fingerprint density at radius 1 is 0.767 bits per heavy atom. The van der Waals surface area contributed by atoms with Gasteiger partial charge in [0, 0.05) is 5.41 Å². The molecule has 0 aromatic heterocycles. The first-order valence-electron chi connectivity index (χ1n) is 10.1. The molecule has 1 aliphatic rings. The van der Waals surface area contributed by atoms with Gasteiger partial charge in [-0.05, 0) is 35.6 Å². The summed E-state index contributed by atoms with van der Waals surface area (Å²) >= 11 is 0. The Bertz CT molecular complexity index is 557. The summed E-state index contributed by atoms with van der Waals surface area (Å²) in [6, 6.07) is 0. The molecule has 0 spiro atoms. The van der Waals surface area contributed by atoms with Crippen molar-refractivity contribution in [2.75, 3.05) is 0 Å². The van der Waals surface area contributed by atoms with Crippen LogP contribution in [0.2, 0.25) is 0 Å². The van der Waals surface area contributed by atoms with Gasteiger partial charge in [-0.3, -0.25) is 0 Å². The molecule has 0 unspecified atom stereocenters. The van der Waals surface area contributed by atoms with Crippen LogP contribution < -0.4 is 0 Å². The Hall–Kier alpha value is -2.08. The van der Waals surface area contributed by atoms with Crippen LogP contribution in [-0.4, -0.2) is 0 Å². The van der Waals surface area contributed by atoms with E-state index in [0.717, 1.165) is 12.0 Å². The Kier molecular flexibility index (Phi) is 37.8. The molecule has 0 saturated heterocycles. The van der Waals surface area contributed by atoms with E-state index in [2.05, 4.69) is 79.2 Å². The first-order valence-corrected chi connectivity index (χ1v) is 10.1. The van der Waals surface area contributed by atoms with Crippen molar-refractivity contribution < 1.29 is 0 Å². The molecule has 0 aromatic carbocycles. The van der Waals surface area contributed by atoms with Gasteiger partial charge in [0.1, 0.15) is 0 Å². The van der Waals surface area contributed by atoms with Crippen molar-refractivity contribution in [1.82, 2.24) is 0 Å². The Morgan fingerprint density at radius 2 is 1.17 bits per heavy atom. The molecule has 1 aliphatic carbocycles. The molecule has 0 aliphatic heterocycles. The standard InChI is InChI=1S/C16H20.C6H10.C3H8.C2H6.3CH4/c1-7-11-15-13(9-3)12(8-2)14(10-4)16(15,5)6;1-3-5-6-4-2;1-3-2;1-2;;;/h7-11H,2-4H2,1,5-6H3;3,5-6H,1,4H2,2H3;3H2,1-2H3;1-2H3;3*1H4/b11-7-;6-5-;;;;;. The van der Waals surface area contributed by atoms with Crippen molar-refractivity contribution in [3.05, 3.63) is 97.2 Å². The monoisotopic (exact) mass is 416 g/mol. The number of allylic oxidation sites excluding steroid dienone is 12. The molecule has 0 nitrogen and oxygen atoms in total. The summed E-state index contributed by atoms with van der Waals surface area (Å²) in [5.74, 6) is 0. The largest absolute Gasteiger partial charge is 0.0991 e. The lowest BCUT2D eigenvalue weighted by molar-refractivity contribution is 0.576. The van der Waals surface area contributed by atoms with Crippen molar-refractivity contribution in [1.29, 1.82) is 0 Å². The third-order valence-electron chi connectivity index (χ3n) is 3.67. The van der Waals surface area contributed by atoms with Gasteiger partial charge in [-0.2, -0.15) is 0 Å². The van der Waals surface area contributed by atoms with Crippen molar-refractivity contribution in [2.24, 2.45) is 5.41 Å². The zero-order valence-corrected chi connectivity index (χ0v) is 19.4. The fraction of sp³-hybridized carbons (Fsp3) is 0.467. The summed E-state index contributed by atoms with van der Waals surface area (Å²) in [5, 5.41) is 0. The molecule has 0 aromatic rings. The highest BCUT2D eigenvalue weighted by atomic mass is 14.4. The quantitative estimate of drug-likeness (QED) is 0.377. The minimum absolute atomic E-state index is 0. The Morgan fingerprint density at radius 3 is 1.40 bits per heavy atom. The zero-order chi connectivity index (χ0) is 21.9. The summed E-state index contributed by atoms with van der Waals surface area (Å²) in [4.78, 5) is 0. The van der Waals surface area contributed by atoms with Crippen LogP contribution in [0.1, 0.15) is 90.5 Å². The van der Waals surface area contributed by atoms with Crippen LogP contribution in [0.5, 0.6) is 0 Å². The average Bonchev–Trinajstić information content (AvgIpc) is 2.88. The van der Waals surface area contributed by atoms with Gasteiger partial charge in [0.25, 0.3) is 0 Å². The van der Waals surface area contributed by atoms with Crippen LogP contribution in [0.25, 0.3) is 0 Å². The van der Waals surface area contributed by atoms with E-state index in [4.69, 9.17) is 0 Å². The van der Waals surface area contributed by atoms with E-state index in [-0.39, 0.29) is 27.7 Å². The topological polar surface area (TPSA) is 0 Å². The first-order chi connectivity index (χ1) is 12.9. The molecular weight excluding hydrogens is 360 g/mol. The molecule has 0 heterocycles. The van der Waals surface area contributed by atoms with Gasteiger partial charge in [-0.25, -0.2) is 0 Å². The van der Waals surface area contributed by atoms with Crippen LogP contribution in [-0.2, 0) is 0 Å². The summed E-state index contributed by atoms with van der Waals surface area (Å²) < 4.78 is 0. The molecule has 0 amide bonds. The fourth-order valence-corrected chi connectivity index (χ4v) is 2.61. The van der Waals surface area contributed by atoms with Gasteiger partial charge in [-0.15, -0.1) is 0 Å². The van der Waals surface area contributed by atoms with Crippen LogP contribution >= 0.6 is 0 Å². The predicted octanol–water partition coefficient (Wildman–Crippen LogP) is 11.2. The van der Waals surface area contributed by atoms with E-state index >= 15 is 0 Å². The van der Waals surface area contributed by atoms with Crippen molar-refractivity contribution in [2.45, 2.75) is 90.5 Å². The maximum Gasteiger partial charge on any atom is 0.0158 e. The van der Waals surface area contributed by atoms with Gasteiger partial charge in [0.15, 0.2) is 0 Å². The van der Waals surface area contributed by atoms with E-state index in [1.807, 2.05) is 45.1 Å². The second-order valence-electron chi connectivity index (χ2n) is 6.17. The molecule has 0 N–H and O–H groups in total. The molecule has 0 saturated carbocycles.